The maximum Gasteiger partial charge on any atom is 0.128 e. The SMILES string of the molecule is CC(C)Cc1ccccc1.CC(C)Cc1ccccc1.CC(C)Cc1ccccn1.CC(C)Cc1cccnc1.CC(C)Cc1ccncc1.CC(C)Cc1ccncn1.CC(C)Cc1cnccn1.CC(C)Cc1ncccn1. The van der Waals surface area contributed by atoms with Crippen molar-refractivity contribution in [1.82, 2.24) is 44.9 Å². The summed E-state index contributed by atoms with van der Waals surface area (Å²) in [5, 5.41) is 0. The molecule has 6 heterocycles. The number of benzene rings is 2. The molecule has 8 rings (SSSR count). The molecule has 0 bridgehead atoms. The van der Waals surface area contributed by atoms with Gasteiger partial charge >= 0.3 is 0 Å². The third kappa shape index (κ3) is 44.0. The van der Waals surface area contributed by atoms with E-state index in [0.29, 0.717) is 23.7 Å². The van der Waals surface area contributed by atoms with Gasteiger partial charge in [-0.1, -0.05) is 184 Å². The highest BCUT2D eigenvalue weighted by Gasteiger charge is 2.01. The van der Waals surface area contributed by atoms with Crippen LogP contribution in [0, 0.1) is 47.3 Å². The van der Waals surface area contributed by atoms with Crippen molar-refractivity contribution >= 4 is 0 Å². The van der Waals surface area contributed by atoms with E-state index in [2.05, 4.69) is 241 Å². The number of nitrogens with zero attached hydrogens (tertiary/aromatic N) is 9. The molecule has 0 radical (unpaired) electrons. The molecule has 2 aromatic carbocycles. The Labute approximate surface area is 487 Å². The first kappa shape index (κ1) is 71.1. The fourth-order valence-electron chi connectivity index (χ4n) is 7.60. The van der Waals surface area contributed by atoms with Crippen molar-refractivity contribution in [1.29, 1.82) is 0 Å². The number of hydrogen-bond donors (Lipinski definition) is 0. The molecule has 0 aliphatic rings. The quantitative estimate of drug-likeness (QED) is 0.0932. The second-order valence-corrected chi connectivity index (χ2v) is 23.4. The Kier molecular flexibility index (Phi) is 40.9. The van der Waals surface area contributed by atoms with Crippen molar-refractivity contribution in [3.05, 3.63) is 235 Å². The average Bonchev–Trinajstić information content (AvgIpc) is 3.41. The summed E-state index contributed by atoms with van der Waals surface area (Å²) in [5.74, 6) is 6.62. The summed E-state index contributed by atoms with van der Waals surface area (Å²) in [6.07, 6.45) is 30.3. The third-order valence-electron chi connectivity index (χ3n) is 10.8. The molecule has 8 aromatic rings. The van der Waals surface area contributed by atoms with Crippen molar-refractivity contribution in [2.24, 2.45) is 47.3 Å². The molecular formula is C71H103N9. The van der Waals surface area contributed by atoms with Crippen molar-refractivity contribution in [2.75, 3.05) is 0 Å². The Bertz CT molecular complexity index is 1980. The maximum absolute atomic E-state index is 4.22. The van der Waals surface area contributed by atoms with Gasteiger partial charge in [0.05, 0.1) is 5.69 Å². The van der Waals surface area contributed by atoms with E-state index < -0.39 is 0 Å². The van der Waals surface area contributed by atoms with E-state index in [9.17, 15) is 0 Å². The highest BCUT2D eigenvalue weighted by atomic mass is 14.8. The van der Waals surface area contributed by atoms with Gasteiger partial charge in [-0.05, 0) is 157 Å². The van der Waals surface area contributed by atoms with Crippen LogP contribution >= 0.6 is 0 Å². The van der Waals surface area contributed by atoms with Crippen LogP contribution in [-0.4, -0.2) is 44.9 Å². The lowest BCUT2D eigenvalue weighted by atomic mass is 10.0. The largest absolute Gasteiger partial charge is 0.265 e. The molecule has 0 spiro atoms. The third-order valence-corrected chi connectivity index (χ3v) is 10.8. The summed E-state index contributed by atoms with van der Waals surface area (Å²) in [4.78, 5) is 36.5. The summed E-state index contributed by atoms with van der Waals surface area (Å²) in [6.45, 7) is 35.3. The van der Waals surface area contributed by atoms with E-state index >= 15 is 0 Å². The molecule has 432 valence electrons. The normalized spacial score (nSPS) is 10.3. The maximum atomic E-state index is 4.22. The van der Waals surface area contributed by atoms with Crippen molar-refractivity contribution in [3.63, 3.8) is 0 Å². The highest BCUT2D eigenvalue weighted by Crippen LogP contribution is 2.10. The molecule has 0 saturated heterocycles. The number of rotatable bonds is 16. The van der Waals surface area contributed by atoms with Gasteiger partial charge in [-0.15, -0.1) is 0 Å². The van der Waals surface area contributed by atoms with Gasteiger partial charge in [-0.25, -0.2) is 19.9 Å². The molecule has 0 aliphatic carbocycles. The van der Waals surface area contributed by atoms with Crippen LogP contribution < -0.4 is 0 Å². The van der Waals surface area contributed by atoms with Gasteiger partial charge in [-0.2, -0.15) is 0 Å². The summed E-state index contributed by atoms with van der Waals surface area (Å²) < 4.78 is 0. The lowest BCUT2D eigenvalue weighted by Crippen LogP contribution is -1.98. The smallest absolute Gasteiger partial charge is 0.128 e. The van der Waals surface area contributed by atoms with Gasteiger partial charge in [0, 0.05) is 86.0 Å². The summed E-state index contributed by atoms with van der Waals surface area (Å²) >= 11 is 0. The number of pyridine rings is 3. The Balaban J connectivity index is 0.000000457. The van der Waals surface area contributed by atoms with Crippen LogP contribution in [-0.2, 0) is 51.4 Å². The minimum atomic E-state index is 0.641. The molecule has 0 saturated carbocycles. The Hall–Kier alpha value is -6.87. The van der Waals surface area contributed by atoms with Crippen LogP contribution in [0.1, 0.15) is 156 Å². The van der Waals surface area contributed by atoms with Crippen molar-refractivity contribution in [3.8, 4) is 0 Å². The lowest BCUT2D eigenvalue weighted by molar-refractivity contribution is 0.620. The molecule has 9 heteroatoms. The fraction of sp³-hybridized carbons (Fsp3) is 0.451. The molecule has 0 unspecified atom stereocenters. The van der Waals surface area contributed by atoms with Crippen LogP contribution in [0.4, 0.5) is 0 Å². The highest BCUT2D eigenvalue weighted by molar-refractivity contribution is 5.16. The molecule has 0 N–H and O–H groups in total. The average molecular weight is 1080 g/mol. The van der Waals surface area contributed by atoms with E-state index in [-0.39, 0.29) is 0 Å². The molecule has 6 aromatic heterocycles. The number of hydrogen-bond acceptors (Lipinski definition) is 9. The Morgan fingerprint density at radius 2 is 0.637 bits per heavy atom. The molecule has 0 aliphatic heterocycles. The lowest BCUT2D eigenvalue weighted by Gasteiger charge is -2.02. The predicted octanol–water partition coefficient (Wildman–Crippen LogP) is 17.6. The first-order valence-electron chi connectivity index (χ1n) is 29.3. The monoisotopic (exact) mass is 1080 g/mol. The fourth-order valence-corrected chi connectivity index (χ4v) is 7.60. The van der Waals surface area contributed by atoms with Gasteiger partial charge in [0.1, 0.15) is 12.2 Å². The van der Waals surface area contributed by atoms with Crippen LogP contribution in [0.15, 0.2) is 190 Å². The van der Waals surface area contributed by atoms with Gasteiger partial charge in [0.2, 0.25) is 0 Å². The van der Waals surface area contributed by atoms with Crippen LogP contribution in [0.5, 0.6) is 0 Å². The van der Waals surface area contributed by atoms with Gasteiger partial charge in [0.25, 0.3) is 0 Å². The summed E-state index contributed by atoms with van der Waals surface area (Å²) in [5.41, 5.74) is 9.00. The predicted molar refractivity (Wildman–Crippen MR) is 340 cm³/mol. The first-order valence-corrected chi connectivity index (χ1v) is 29.3. The molecule has 9 nitrogen and oxygen atoms in total. The molecule has 0 atom stereocenters. The standard InChI is InChI=1S/2C10H14.3C9H13N.3C8H12N2/c2*1-9(2)8-10-6-4-3-5-7-10;1-8(2)7-9-3-5-10-6-4-9;1-8(2)6-9-4-3-5-10-7-9;1-8(2)7-9-5-3-4-6-10-9;1-7(2)5-8-6-9-3-4-10-8;1-7(2)5-8-3-4-9-6-10-8;1-7(2)6-8-9-4-3-5-10-8/h2*3-7,9H,8H2,1-2H3;3-6,8H,7H2,1-2H3;3-5,7-8H,6H2,1-2H3;3-6,8H,7H2,1-2H3;2*3-4,6-7H,5H2,1-2H3;3-5,7H,6H2,1-2H3. The van der Waals surface area contributed by atoms with Crippen molar-refractivity contribution < 1.29 is 0 Å². The topological polar surface area (TPSA) is 116 Å². The van der Waals surface area contributed by atoms with Crippen LogP contribution in [0.25, 0.3) is 0 Å². The zero-order valence-electron chi connectivity index (χ0n) is 52.2. The molecule has 0 amide bonds. The zero-order valence-corrected chi connectivity index (χ0v) is 52.2. The van der Waals surface area contributed by atoms with E-state index in [1.807, 2.05) is 67.5 Å². The zero-order chi connectivity index (χ0) is 59.2. The summed E-state index contributed by atoms with van der Waals surface area (Å²) in [6, 6.07) is 39.3. The minimum absolute atomic E-state index is 0.641. The Morgan fingerprint density at radius 1 is 0.237 bits per heavy atom. The van der Waals surface area contributed by atoms with Crippen LogP contribution in [0.2, 0.25) is 0 Å². The first-order chi connectivity index (χ1) is 38.3. The molecule has 0 fully saturated rings. The second-order valence-electron chi connectivity index (χ2n) is 23.4. The Morgan fingerprint density at radius 3 is 1.05 bits per heavy atom. The van der Waals surface area contributed by atoms with E-state index in [1.165, 1.54) is 40.8 Å². The van der Waals surface area contributed by atoms with Gasteiger partial charge in [-0.3, -0.25) is 24.9 Å². The van der Waals surface area contributed by atoms with E-state index in [0.717, 1.165) is 79.4 Å². The number of aromatic nitrogens is 9. The second kappa shape index (κ2) is 45.9. The van der Waals surface area contributed by atoms with Crippen LogP contribution in [0.3, 0.4) is 0 Å². The van der Waals surface area contributed by atoms with Gasteiger partial charge in [0.15, 0.2) is 0 Å². The van der Waals surface area contributed by atoms with E-state index in [1.54, 1.807) is 37.3 Å². The minimum Gasteiger partial charge on any atom is -0.265 e. The molecule has 80 heavy (non-hydrogen) atoms. The van der Waals surface area contributed by atoms with Crippen molar-refractivity contribution in [2.45, 2.75) is 162 Å². The van der Waals surface area contributed by atoms with E-state index in [4.69, 9.17) is 0 Å². The van der Waals surface area contributed by atoms with Gasteiger partial charge < -0.3 is 0 Å². The molecular weight excluding hydrogens is 979 g/mol. The summed E-state index contributed by atoms with van der Waals surface area (Å²) in [7, 11) is 0.